The highest BCUT2D eigenvalue weighted by molar-refractivity contribution is 7.91. The summed E-state index contributed by atoms with van der Waals surface area (Å²) >= 11 is 6.20. The largest absolute Gasteiger partial charge is 0.308 e. The first-order valence-electron chi connectivity index (χ1n) is 6.35. The van der Waals surface area contributed by atoms with Crippen molar-refractivity contribution >= 4 is 21.4 Å². The molecule has 1 aromatic heterocycles. The van der Waals surface area contributed by atoms with E-state index in [9.17, 15) is 8.42 Å². The zero-order chi connectivity index (χ0) is 14.8. The molecule has 1 N–H and O–H groups in total. The van der Waals surface area contributed by atoms with Crippen LogP contribution in [0.2, 0.25) is 5.02 Å². The van der Waals surface area contributed by atoms with Gasteiger partial charge in [0, 0.05) is 12.3 Å². The van der Waals surface area contributed by atoms with Crippen LogP contribution in [0.15, 0.2) is 6.20 Å². The molecule has 0 aliphatic heterocycles. The van der Waals surface area contributed by atoms with E-state index in [0.29, 0.717) is 11.6 Å². The van der Waals surface area contributed by atoms with Gasteiger partial charge in [-0.25, -0.2) is 8.42 Å². The third-order valence-corrected chi connectivity index (χ3v) is 5.05. The Morgan fingerprint density at radius 3 is 2.42 bits per heavy atom. The molecule has 0 aliphatic carbocycles. The van der Waals surface area contributed by atoms with E-state index >= 15 is 0 Å². The summed E-state index contributed by atoms with van der Waals surface area (Å²) < 4.78 is 25.4. The number of nitrogens with zero attached hydrogens (tertiary/aromatic N) is 2. The van der Waals surface area contributed by atoms with E-state index in [0.717, 1.165) is 5.69 Å². The van der Waals surface area contributed by atoms with E-state index in [-0.39, 0.29) is 12.1 Å². The van der Waals surface area contributed by atoms with Crippen LogP contribution in [0.5, 0.6) is 0 Å². The Balaban J connectivity index is 3.31. The number of halogens is 1. The Hall–Kier alpha value is -0.590. The quantitative estimate of drug-likeness (QED) is 0.875. The summed E-state index contributed by atoms with van der Waals surface area (Å²) in [5.41, 5.74) is 0.733. The van der Waals surface area contributed by atoms with Gasteiger partial charge >= 0.3 is 0 Å². The Bertz CT molecular complexity index is 525. The minimum Gasteiger partial charge on any atom is -0.308 e. The highest BCUT2D eigenvalue weighted by Crippen LogP contribution is 2.29. The molecule has 1 rings (SSSR count). The molecule has 0 radical (unpaired) electrons. The molecule has 2 unspecified atom stereocenters. The highest BCUT2D eigenvalue weighted by Gasteiger charge is 2.31. The Morgan fingerprint density at radius 1 is 1.42 bits per heavy atom. The predicted octanol–water partition coefficient (Wildman–Crippen LogP) is 2.20. The maximum atomic E-state index is 11.8. The van der Waals surface area contributed by atoms with Gasteiger partial charge in [-0.05, 0) is 27.3 Å². The molecule has 7 heteroatoms. The smallest absolute Gasteiger partial charge is 0.151 e. The number of rotatable bonds is 6. The second-order valence-corrected chi connectivity index (χ2v) is 7.80. The standard InChI is InChI=1S/C12H22ClN3O2S/c1-6-14-11(9(4)19(5,17)18)12-10(13)7-15-16(12)8(2)3/h7-9,11,14H,6H2,1-5H3. The number of aromatic nitrogens is 2. The summed E-state index contributed by atoms with van der Waals surface area (Å²) in [6.07, 6.45) is 2.81. The van der Waals surface area contributed by atoms with Gasteiger partial charge in [0.2, 0.25) is 0 Å². The van der Waals surface area contributed by atoms with E-state index in [1.54, 1.807) is 17.8 Å². The summed E-state index contributed by atoms with van der Waals surface area (Å²) in [5.74, 6) is 0. The van der Waals surface area contributed by atoms with Crippen molar-refractivity contribution in [3.63, 3.8) is 0 Å². The van der Waals surface area contributed by atoms with Gasteiger partial charge in [-0.3, -0.25) is 4.68 Å². The van der Waals surface area contributed by atoms with Gasteiger partial charge in [-0.2, -0.15) is 5.10 Å². The van der Waals surface area contributed by atoms with Crippen LogP contribution in [0.25, 0.3) is 0 Å². The normalized spacial score (nSPS) is 15.7. The molecule has 1 aromatic rings. The van der Waals surface area contributed by atoms with Crippen molar-refractivity contribution in [1.82, 2.24) is 15.1 Å². The van der Waals surface area contributed by atoms with Crippen molar-refractivity contribution in [2.75, 3.05) is 12.8 Å². The van der Waals surface area contributed by atoms with Crippen molar-refractivity contribution in [3.05, 3.63) is 16.9 Å². The van der Waals surface area contributed by atoms with Gasteiger partial charge in [-0.1, -0.05) is 18.5 Å². The molecule has 110 valence electrons. The topological polar surface area (TPSA) is 64.0 Å². The fourth-order valence-electron chi connectivity index (χ4n) is 2.01. The van der Waals surface area contributed by atoms with Crippen molar-refractivity contribution in [3.8, 4) is 0 Å². The van der Waals surface area contributed by atoms with Crippen LogP contribution in [-0.4, -0.2) is 36.2 Å². The summed E-state index contributed by atoms with van der Waals surface area (Å²) in [6, 6.07) is -0.243. The van der Waals surface area contributed by atoms with E-state index in [1.165, 1.54) is 6.26 Å². The van der Waals surface area contributed by atoms with Gasteiger partial charge in [-0.15, -0.1) is 0 Å². The third kappa shape index (κ3) is 3.70. The van der Waals surface area contributed by atoms with Gasteiger partial charge in [0.15, 0.2) is 9.84 Å². The zero-order valence-electron chi connectivity index (χ0n) is 12.0. The van der Waals surface area contributed by atoms with Crippen LogP contribution in [0.3, 0.4) is 0 Å². The second kappa shape index (κ2) is 6.24. The monoisotopic (exact) mass is 307 g/mol. The number of hydrogen-bond acceptors (Lipinski definition) is 4. The van der Waals surface area contributed by atoms with Crippen LogP contribution in [0.1, 0.15) is 45.5 Å². The lowest BCUT2D eigenvalue weighted by atomic mass is 10.1. The van der Waals surface area contributed by atoms with E-state index in [4.69, 9.17) is 11.6 Å². The summed E-state index contributed by atoms with van der Waals surface area (Å²) in [5, 5.41) is 7.36. The van der Waals surface area contributed by atoms with E-state index in [1.807, 2.05) is 20.8 Å². The van der Waals surface area contributed by atoms with Crippen LogP contribution in [-0.2, 0) is 9.84 Å². The first kappa shape index (κ1) is 16.5. The molecule has 0 spiro atoms. The number of nitrogens with one attached hydrogen (secondary N) is 1. The maximum absolute atomic E-state index is 11.8. The summed E-state index contributed by atoms with van der Waals surface area (Å²) in [7, 11) is -3.17. The molecule has 0 bridgehead atoms. The van der Waals surface area contributed by atoms with Gasteiger partial charge in [0.25, 0.3) is 0 Å². The molecule has 0 aromatic carbocycles. The second-order valence-electron chi connectivity index (χ2n) is 4.99. The Kier molecular flexibility index (Phi) is 5.41. The lowest BCUT2D eigenvalue weighted by Gasteiger charge is -2.26. The van der Waals surface area contributed by atoms with E-state index < -0.39 is 15.1 Å². The van der Waals surface area contributed by atoms with Gasteiger partial charge < -0.3 is 5.32 Å². The molecule has 2 atom stereocenters. The lowest BCUT2D eigenvalue weighted by Crippen LogP contribution is -2.36. The highest BCUT2D eigenvalue weighted by atomic mass is 35.5. The molecule has 19 heavy (non-hydrogen) atoms. The molecule has 5 nitrogen and oxygen atoms in total. The van der Waals surface area contributed by atoms with Gasteiger partial charge in [0.05, 0.1) is 28.2 Å². The minimum absolute atomic E-state index is 0.121. The average Bonchev–Trinajstić information content (AvgIpc) is 2.66. The van der Waals surface area contributed by atoms with Crippen molar-refractivity contribution in [2.45, 2.75) is 45.0 Å². The molecule has 0 fully saturated rings. The molecular formula is C12H22ClN3O2S. The van der Waals surface area contributed by atoms with Crippen molar-refractivity contribution in [1.29, 1.82) is 0 Å². The van der Waals surface area contributed by atoms with E-state index in [2.05, 4.69) is 10.4 Å². The third-order valence-electron chi connectivity index (χ3n) is 3.14. The van der Waals surface area contributed by atoms with Gasteiger partial charge in [0.1, 0.15) is 0 Å². The minimum atomic E-state index is -3.17. The molecule has 0 saturated carbocycles. The zero-order valence-corrected chi connectivity index (χ0v) is 13.6. The number of hydrogen-bond donors (Lipinski definition) is 1. The fraction of sp³-hybridized carbons (Fsp3) is 0.750. The number of sulfone groups is 1. The maximum Gasteiger partial charge on any atom is 0.151 e. The first-order chi connectivity index (χ1) is 8.70. The SMILES string of the molecule is CCNC(c1c(Cl)cnn1C(C)C)C(C)S(C)(=O)=O. The lowest BCUT2D eigenvalue weighted by molar-refractivity contribution is 0.439. The van der Waals surface area contributed by atoms with Crippen LogP contribution in [0, 0.1) is 0 Å². The molecule has 1 heterocycles. The fourth-order valence-corrected chi connectivity index (χ4v) is 2.97. The first-order valence-corrected chi connectivity index (χ1v) is 8.68. The average molecular weight is 308 g/mol. The van der Waals surface area contributed by atoms with Crippen molar-refractivity contribution in [2.24, 2.45) is 0 Å². The van der Waals surface area contributed by atoms with Crippen LogP contribution < -0.4 is 5.32 Å². The predicted molar refractivity (Wildman–Crippen MR) is 78.3 cm³/mol. The Morgan fingerprint density at radius 2 is 2.00 bits per heavy atom. The van der Waals surface area contributed by atoms with Crippen molar-refractivity contribution < 1.29 is 8.42 Å². The molecule has 0 saturated heterocycles. The molecular weight excluding hydrogens is 286 g/mol. The Labute approximate surface area is 120 Å². The van der Waals surface area contributed by atoms with Crippen LogP contribution >= 0.6 is 11.6 Å². The van der Waals surface area contributed by atoms with Crippen LogP contribution in [0.4, 0.5) is 0 Å². The summed E-state index contributed by atoms with van der Waals surface area (Å²) in [4.78, 5) is 0. The molecule has 0 amide bonds. The summed E-state index contributed by atoms with van der Waals surface area (Å²) in [6.45, 7) is 8.26. The molecule has 0 aliphatic rings.